The number of Topliss-reactive ketones (excluding diaryl/α,β-unsaturated/α-hetero) is 1. The van der Waals surface area contributed by atoms with E-state index in [0.29, 0.717) is 11.5 Å². The molecule has 6 heteroatoms. The highest BCUT2D eigenvalue weighted by atomic mass is 16.7. The Kier molecular flexibility index (Phi) is 5.99. The van der Waals surface area contributed by atoms with Crippen molar-refractivity contribution >= 4 is 23.6 Å². The van der Waals surface area contributed by atoms with E-state index in [4.69, 9.17) is 0 Å². The third-order valence-corrected chi connectivity index (χ3v) is 1.67. The van der Waals surface area contributed by atoms with Gasteiger partial charge in [-0.3, -0.25) is 9.59 Å². The molecule has 0 aromatic rings. The average Bonchev–Trinajstić information content (AvgIpc) is 2.12. The molecule has 0 rings (SSSR count). The lowest BCUT2D eigenvalue weighted by Gasteiger charge is -2.15. The molecule has 0 aliphatic carbocycles. The second kappa shape index (κ2) is 6.71. The summed E-state index contributed by atoms with van der Waals surface area (Å²) in [7, 11) is 0. The van der Waals surface area contributed by atoms with E-state index in [1.807, 2.05) is 0 Å². The third-order valence-electron chi connectivity index (χ3n) is 1.67. The summed E-state index contributed by atoms with van der Waals surface area (Å²) in [5, 5.41) is 0.399. The molecule has 0 radical (unpaired) electrons. The smallest absolute Gasteiger partial charge is 0.330 e. The van der Waals surface area contributed by atoms with Gasteiger partial charge in [-0.05, 0) is 13.3 Å². The molecule has 0 aliphatic rings. The first-order valence-electron chi connectivity index (χ1n) is 4.86. The minimum atomic E-state index is -0.702. The van der Waals surface area contributed by atoms with Crippen molar-refractivity contribution in [3.63, 3.8) is 0 Å². The molecule has 0 saturated heterocycles. The van der Waals surface area contributed by atoms with E-state index in [-0.39, 0.29) is 18.6 Å². The molecule has 2 amide bonds. The highest BCUT2D eigenvalue weighted by molar-refractivity contribution is 5.92. The van der Waals surface area contributed by atoms with Gasteiger partial charge in [-0.15, -0.1) is 5.06 Å². The number of hydrogen-bond acceptors (Lipinski definition) is 5. The van der Waals surface area contributed by atoms with E-state index >= 15 is 0 Å². The van der Waals surface area contributed by atoms with Crippen LogP contribution in [0.25, 0.3) is 0 Å². The van der Waals surface area contributed by atoms with Gasteiger partial charge < -0.3 is 9.63 Å². The summed E-state index contributed by atoms with van der Waals surface area (Å²) in [4.78, 5) is 48.0. The second-order valence-electron chi connectivity index (χ2n) is 3.35. The largest absolute Gasteiger partial charge is 0.333 e. The predicted octanol–water partition coefficient (Wildman–Crippen LogP) is 0.599. The van der Waals surface area contributed by atoms with Gasteiger partial charge in [0.1, 0.15) is 5.78 Å². The number of hydroxylamine groups is 2. The molecule has 16 heavy (non-hydrogen) atoms. The number of hydrogen-bond donors (Lipinski definition) is 0. The first-order valence-corrected chi connectivity index (χ1v) is 4.86. The van der Waals surface area contributed by atoms with E-state index in [9.17, 15) is 19.2 Å². The number of nitrogens with zero attached hydrogens (tertiary/aromatic N) is 1. The molecule has 0 N–H and O–H groups in total. The Hall–Kier alpha value is -1.72. The van der Waals surface area contributed by atoms with Crippen LogP contribution in [0.15, 0.2) is 0 Å². The summed E-state index contributed by atoms with van der Waals surface area (Å²) in [5.74, 6) is -2.05. The lowest BCUT2D eigenvalue weighted by Crippen LogP contribution is -2.35. The molecule has 0 spiro atoms. The molecule has 0 aliphatic heterocycles. The van der Waals surface area contributed by atoms with Crippen molar-refractivity contribution in [3.8, 4) is 0 Å². The standard InChI is InChI=1S/C10H15NO5/c1-7(12)5-4-6-10(15)16-11(8(2)13)9(3)14/h4-6H2,1-3H3. The van der Waals surface area contributed by atoms with E-state index in [1.165, 1.54) is 6.92 Å². The maximum absolute atomic E-state index is 11.2. The fourth-order valence-electron chi connectivity index (χ4n) is 0.979. The lowest BCUT2D eigenvalue weighted by atomic mass is 10.2. The first-order chi connectivity index (χ1) is 7.34. The van der Waals surface area contributed by atoms with Crippen molar-refractivity contribution in [3.05, 3.63) is 0 Å². The van der Waals surface area contributed by atoms with Gasteiger partial charge in [-0.2, -0.15) is 0 Å². The molecule has 0 unspecified atom stereocenters. The van der Waals surface area contributed by atoms with Crippen LogP contribution in [0.5, 0.6) is 0 Å². The monoisotopic (exact) mass is 229 g/mol. The molecule has 0 aromatic carbocycles. The summed E-state index contributed by atoms with van der Waals surface area (Å²) in [6.07, 6.45) is 0.615. The summed E-state index contributed by atoms with van der Waals surface area (Å²) in [5.41, 5.74) is 0. The molecule has 0 saturated carbocycles. The molecular weight excluding hydrogens is 214 g/mol. The first kappa shape index (κ1) is 14.3. The fourth-order valence-corrected chi connectivity index (χ4v) is 0.979. The van der Waals surface area contributed by atoms with Crippen LogP contribution in [0, 0.1) is 0 Å². The van der Waals surface area contributed by atoms with Crippen LogP contribution in [0.4, 0.5) is 0 Å². The van der Waals surface area contributed by atoms with Crippen molar-refractivity contribution in [1.82, 2.24) is 5.06 Å². The zero-order valence-electron chi connectivity index (χ0n) is 9.61. The SMILES string of the molecule is CC(=O)CCCC(=O)ON(C(C)=O)C(C)=O. The van der Waals surface area contributed by atoms with Gasteiger partial charge in [0.25, 0.3) is 11.8 Å². The molecule has 0 bridgehead atoms. The van der Waals surface area contributed by atoms with Gasteiger partial charge in [0.2, 0.25) is 0 Å². The van der Waals surface area contributed by atoms with Gasteiger partial charge in [0, 0.05) is 26.7 Å². The van der Waals surface area contributed by atoms with Gasteiger partial charge in [0.15, 0.2) is 0 Å². The van der Waals surface area contributed by atoms with Crippen LogP contribution in [0.2, 0.25) is 0 Å². The fraction of sp³-hybridized carbons (Fsp3) is 0.600. The van der Waals surface area contributed by atoms with Crippen LogP contribution in [-0.2, 0) is 24.0 Å². The molecule has 6 nitrogen and oxygen atoms in total. The zero-order valence-corrected chi connectivity index (χ0v) is 9.61. The molecule has 90 valence electrons. The van der Waals surface area contributed by atoms with Gasteiger partial charge in [0.05, 0.1) is 0 Å². The Morgan fingerprint density at radius 3 is 1.81 bits per heavy atom. The van der Waals surface area contributed by atoms with Crippen LogP contribution in [0.3, 0.4) is 0 Å². The van der Waals surface area contributed by atoms with Crippen LogP contribution < -0.4 is 0 Å². The molecule has 0 fully saturated rings. The van der Waals surface area contributed by atoms with Crippen LogP contribution in [0.1, 0.15) is 40.0 Å². The third kappa shape index (κ3) is 5.90. The highest BCUT2D eigenvalue weighted by Crippen LogP contribution is 2.01. The minimum Gasteiger partial charge on any atom is -0.330 e. The Morgan fingerprint density at radius 1 is 0.938 bits per heavy atom. The number of imide groups is 1. The zero-order chi connectivity index (χ0) is 12.7. The van der Waals surface area contributed by atoms with E-state index < -0.39 is 17.8 Å². The maximum atomic E-state index is 11.2. The quantitative estimate of drug-likeness (QED) is 0.659. The van der Waals surface area contributed by atoms with Crippen molar-refractivity contribution in [2.45, 2.75) is 40.0 Å². The second-order valence-corrected chi connectivity index (χ2v) is 3.35. The summed E-state index contributed by atoms with van der Waals surface area (Å²) in [6.45, 7) is 3.65. The van der Waals surface area contributed by atoms with Gasteiger partial charge >= 0.3 is 5.97 Å². The summed E-state index contributed by atoms with van der Waals surface area (Å²) in [6, 6.07) is 0. The van der Waals surface area contributed by atoms with Crippen LogP contribution in [-0.4, -0.2) is 28.6 Å². The van der Waals surface area contributed by atoms with E-state index in [2.05, 4.69) is 4.84 Å². The van der Waals surface area contributed by atoms with Gasteiger partial charge in [-0.1, -0.05) is 0 Å². The highest BCUT2D eigenvalue weighted by Gasteiger charge is 2.19. The predicted molar refractivity (Wildman–Crippen MR) is 53.8 cm³/mol. The Morgan fingerprint density at radius 2 is 1.44 bits per heavy atom. The number of carbonyl (C=O) groups excluding carboxylic acids is 4. The number of rotatable bonds is 4. The number of ketones is 1. The Balaban J connectivity index is 4.06. The molecule has 0 heterocycles. The number of carbonyl (C=O) groups is 4. The maximum Gasteiger partial charge on any atom is 0.333 e. The molecular formula is C10H15NO5. The topological polar surface area (TPSA) is 80.8 Å². The van der Waals surface area contributed by atoms with E-state index in [1.54, 1.807) is 0 Å². The lowest BCUT2D eigenvalue weighted by molar-refractivity contribution is -0.200. The molecule has 0 aromatic heterocycles. The average molecular weight is 229 g/mol. The normalized spacial score (nSPS) is 9.44. The van der Waals surface area contributed by atoms with Crippen molar-refractivity contribution < 1.29 is 24.0 Å². The number of amides is 2. The summed E-state index contributed by atoms with van der Waals surface area (Å²) < 4.78 is 0. The molecule has 0 atom stereocenters. The van der Waals surface area contributed by atoms with Crippen molar-refractivity contribution in [2.24, 2.45) is 0 Å². The Bertz CT molecular complexity index is 296. The van der Waals surface area contributed by atoms with Crippen LogP contribution >= 0.6 is 0 Å². The van der Waals surface area contributed by atoms with Crippen molar-refractivity contribution in [2.75, 3.05) is 0 Å². The summed E-state index contributed by atoms with van der Waals surface area (Å²) >= 11 is 0. The van der Waals surface area contributed by atoms with Crippen molar-refractivity contribution in [1.29, 1.82) is 0 Å². The van der Waals surface area contributed by atoms with Gasteiger partial charge in [-0.25, -0.2) is 4.79 Å². The minimum absolute atomic E-state index is 0.00333. The Labute approximate surface area is 93.5 Å². The van der Waals surface area contributed by atoms with E-state index in [0.717, 1.165) is 13.8 Å².